The van der Waals surface area contributed by atoms with Crippen molar-refractivity contribution in [2.24, 2.45) is 5.92 Å². The van der Waals surface area contributed by atoms with Crippen molar-refractivity contribution in [2.45, 2.75) is 6.42 Å². The highest BCUT2D eigenvalue weighted by atomic mass is 35.5. The number of para-hydroxylation sites is 2. The van der Waals surface area contributed by atoms with Crippen LogP contribution >= 0.6 is 23.4 Å². The molecular formula is C13H12ClN3OS. The highest BCUT2D eigenvalue weighted by Crippen LogP contribution is 2.26. The van der Waals surface area contributed by atoms with E-state index < -0.39 is 0 Å². The summed E-state index contributed by atoms with van der Waals surface area (Å²) in [5, 5.41) is 3.02. The molecule has 1 N–H and O–H groups in total. The van der Waals surface area contributed by atoms with Gasteiger partial charge in [-0.3, -0.25) is 4.79 Å². The second-order valence-corrected chi connectivity index (χ2v) is 5.91. The van der Waals surface area contributed by atoms with Crippen LogP contribution in [0.5, 0.6) is 0 Å². The van der Waals surface area contributed by atoms with E-state index in [0.717, 1.165) is 29.0 Å². The summed E-state index contributed by atoms with van der Waals surface area (Å²) in [7, 11) is 0. The van der Waals surface area contributed by atoms with E-state index >= 15 is 0 Å². The third kappa shape index (κ3) is 2.67. The van der Waals surface area contributed by atoms with Gasteiger partial charge in [0.05, 0.1) is 11.0 Å². The van der Waals surface area contributed by atoms with Gasteiger partial charge in [-0.25, -0.2) is 9.97 Å². The van der Waals surface area contributed by atoms with Crippen molar-refractivity contribution in [3.63, 3.8) is 0 Å². The number of carbonyl (C=O) groups is 1. The number of halogens is 1. The van der Waals surface area contributed by atoms with Crippen LogP contribution < -0.4 is 5.32 Å². The lowest BCUT2D eigenvalue weighted by Crippen LogP contribution is -2.23. The minimum Gasteiger partial charge on any atom is -0.308 e. The monoisotopic (exact) mass is 293 g/mol. The molecule has 1 aromatic heterocycles. The Labute approximate surface area is 120 Å². The van der Waals surface area contributed by atoms with E-state index in [2.05, 4.69) is 15.3 Å². The summed E-state index contributed by atoms with van der Waals surface area (Å²) in [4.78, 5) is 20.6. The predicted molar refractivity (Wildman–Crippen MR) is 78.6 cm³/mol. The zero-order valence-electron chi connectivity index (χ0n) is 10.1. The van der Waals surface area contributed by atoms with Gasteiger partial charge in [0.15, 0.2) is 11.0 Å². The number of thioether (sulfide) groups is 1. The van der Waals surface area contributed by atoms with Crippen LogP contribution in [-0.4, -0.2) is 27.4 Å². The summed E-state index contributed by atoms with van der Waals surface area (Å²) < 4.78 is 0. The zero-order valence-corrected chi connectivity index (χ0v) is 11.7. The number of hydrogen-bond acceptors (Lipinski definition) is 4. The number of fused-ring (bicyclic) bond motifs is 1. The molecule has 0 bridgehead atoms. The second-order valence-electron chi connectivity index (χ2n) is 4.40. The second kappa shape index (κ2) is 5.35. The van der Waals surface area contributed by atoms with Crippen LogP contribution in [0.25, 0.3) is 11.0 Å². The number of amides is 1. The SMILES string of the molecule is O=C(Nc1nc2ccccc2nc1Cl)C1CCSC1. The molecule has 1 amide bonds. The molecule has 0 aliphatic carbocycles. The predicted octanol–water partition coefficient (Wildman–Crippen LogP) is 2.97. The van der Waals surface area contributed by atoms with Crippen molar-refractivity contribution < 1.29 is 4.79 Å². The molecule has 19 heavy (non-hydrogen) atoms. The quantitative estimate of drug-likeness (QED) is 0.925. The number of nitrogens with zero attached hydrogens (tertiary/aromatic N) is 2. The smallest absolute Gasteiger partial charge is 0.229 e. The van der Waals surface area contributed by atoms with E-state index in [4.69, 9.17) is 11.6 Å². The van der Waals surface area contributed by atoms with Crippen LogP contribution in [0.3, 0.4) is 0 Å². The first-order valence-corrected chi connectivity index (χ1v) is 7.58. The van der Waals surface area contributed by atoms with Gasteiger partial charge in [0.25, 0.3) is 0 Å². The number of hydrogen-bond donors (Lipinski definition) is 1. The molecule has 2 heterocycles. The summed E-state index contributed by atoms with van der Waals surface area (Å²) in [6, 6.07) is 7.44. The molecule has 2 aromatic rings. The van der Waals surface area contributed by atoms with E-state index in [-0.39, 0.29) is 17.0 Å². The maximum atomic E-state index is 12.1. The standard InChI is InChI=1S/C13H12ClN3OS/c14-11-12(17-13(18)8-5-6-19-7-8)16-10-4-2-1-3-9(10)15-11/h1-4,8H,5-7H2,(H,16,17,18). The molecule has 0 saturated carbocycles. The molecule has 1 aliphatic rings. The molecule has 1 atom stereocenters. The largest absolute Gasteiger partial charge is 0.308 e. The van der Waals surface area contributed by atoms with Gasteiger partial charge in [-0.1, -0.05) is 23.7 Å². The number of nitrogens with one attached hydrogen (secondary N) is 1. The third-order valence-electron chi connectivity index (χ3n) is 3.07. The van der Waals surface area contributed by atoms with Crippen LogP contribution in [0.4, 0.5) is 5.82 Å². The van der Waals surface area contributed by atoms with Gasteiger partial charge in [0, 0.05) is 11.7 Å². The molecule has 0 spiro atoms. The number of carbonyl (C=O) groups excluding carboxylic acids is 1. The Morgan fingerprint density at radius 3 is 2.74 bits per heavy atom. The molecule has 1 aromatic carbocycles. The molecule has 1 unspecified atom stereocenters. The Kier molecular flexibility index (Phi) is 3.57. The number of aromatic nitrogens is 2. The average Bonchev–Trinajstić information content (AvgIpc) is 2.93. The first-order chi connectivity index (χ1) is 9.24. The van der Waals surface area contributed by atoms with Crippen LogP contribution in [-0.2, 0) is 4.79 Å². The first kappa shape index (κ1) is 12.7. The van der Waals surface area contributed by atoms with Crippen molar-refractivity contribution in [1.29, 1.82) is 0 Å². The Hall–Kier alpha value is -1.33. The van der Waals surface area contributed by atoms with Gasteiger partial charge in [-0.2, -0.15) is 11.8 Å². The summed E-state index contributed by atoms with van der Waals surface area (Å²) >= 11 is 7.86. The lowest BCUT2D eigenvalue weighted by atomic mass is 10.1. The van der Waals surface area contributed by atoms with Crippen molar-refractivity contribution in [3.8, 4) is 0 Å². The Balaban J connectivity index is 1.87. The van der Waals surface area contributed by atoms with E-state index in [1.165, 1.54) is 0 Å². The van der Waals surface area contributed by atoms with E-state index in [0.29, 0.717) is 5.82 Å². The van der Waals surface area contributed by atoms with Crippen LogP contribution in [0.1, 0.15) is 6.42 Å². The molecule has 3 rings (SSSR count). The first-order valence-electron chi connectivity index (χ1n) is 6.05. The Morgan fingerprint density at radius 2 is 2.05 bits per heavy atom. The fraction of sp³-hybridized carbons (Fsp3) is 0.308. The van der Waals surface area contributed by atoms with E-state index in [1.807, 2.05) is 24.3 Å². The summed E-state index contributed by atoms with van der Waals surface area (Å²) in [6.07, 6.45) is 0.912. The number of benzene rings is 1. The minimum absolute atomic E-state index is 0.0171. The normalized spacial score (nSPS) is 18.7. The van der Waals surface area contributed by atoms with E-state index in [9.17, 15) is 4.79 Å². The molecule has 4 nitrogen and oxygen atoms in total. The lowest BCUT2D eigenvalue weighted by Gasteiger charge is -2.10. The van der Waals surface area contributed by atoms with Crippen molar-refractivity contribution in [3.05, 3.63) is 29.4 Å². The summed E-state index contributed by atoms with van der Waals surface area (Å²) in [6.45, 7) is 0. The maximum Gasteiger partial charge on any atom is 0.229 e. The van der Waals surface area contributed by atoms with Gasteiger partial charge < -0.3 is 5.32 Å². The maximum absolute atomic E-state index is 12.1. The molecule has 6 heteroatoms. The molecule has 1 fully saturated rings. The highest BCUT2D eigenvalue weighted by molar-refractivity contribution is 7.99. The Bertz CT molecular complexity index is 628. The molecule has 1 saturated heterocycles. The zero-order chi connectivity index (χ0) is 13.2. The highest BCUT2D eigenvalue weighted by Gasteiger charge is 2.24. The Morgan fingerprint density at radius 1 is 1.32 bits per heavy atom. The van der Waals surface area contributed by atoms with Crippen molar-refractivity contribution in [1.82, 2.24) is 9.97 Å². The van der Waals surface area contributed by atoms with E-state index in [1.54, 1.807) is 11.8 Å². The van der Waals surface area contributed by atoms with Gasteiger partial charge in [-0.15, -0.1) is 0 Å². The third-order valence-corrected chi connectivity index (χ3v) is 4.50. The van der Waals surface area contributed by atoms with Crippen LogP contribution in [0.15, 0.2) is 24.3 Å². The summed E-state index contributed by atoms with van der Waals surface area (Å²) in [5.41, 5.74) is 1.45. The van der Waals surface area contributed by atoms with Gasteiger partial charge >= 0.3 is 0 Å². The molecule has 1 aliphatic heterocycles. The van der Waals surface area contributed by atoms with Crippen LogP contribution in [0.2, 0.25) is 5.15 Å². The van der Waals surface area contributed by atoms with Crippen LogP contribution in [0, 0.1) is 5.92 Å². The molecule has 98 valence electrons. The van der Waals surface area contributed by atoms with Gasteiger partial charge in [-0.05, 0) is 24.3 Å². The van der Waals surface area contributed by atoms with Gasteiger partial charge in [0.1, 0.15) is 0 Å². The lowest BCUT2D eigenvalue weighted by molar-refractivity contribution is -0.119. The molecule has 0 radical (unpaired) electrons. The minimum atomic E-state index is -0.0171. The molecular weight excluding hydrogens is 282 g/mol. The van der Waals surface area contributed by atoms with Crippen molar-refractivity contribution in [2.75, 3.05) is 16.8 Å². The fourth-order valence-corrected chi connectivity index (χ4v) is 3.42. The average molecular weight is 294 g/mol. The van der Waals surface area contributed by atoms with Gasteiger partial charge in [0.2, 0.25) is 5.91 Å². The fourth-order valence-electron chi connectivity index (χ4n) is 2.02. The summed E-state index contributed by atoms with van der Waals surface area (Å²) in [5.74, 6) is 2.28. The number of anilines is 1. The number of rotatable bonds is 2. The topological polar surface area (TPSA) is 54.9 Å². The van der Waals surface area contributed by atoms with Crippen molar-refractivity contribution >= 4 is 46.1 Å².